The van der Waals surface area contributed by atoms with E-state index >= 15 is 0 Å². The smallest absolute Gasteiger partial charge is 0.103 e. The molecule has 0 heterocycles. The van der Waals surface area contributed by atoms with Crippen LogP contribution >= 0.6 is 23.4 Å². The second-order valence-corrected chi connectivity index (χ2v) is 3.38. The van der Waals surface area contributed by atoms with Gasteiger partial charge in [-0.05, 0) is 18.4 Å². The predicted octanol–water partition coefficient (Wildman–Crippen LogP) is 2.52. The second-order valence-electron chi connectivity index (χ2n) is 2.16. The molecular weight excluding hydrogens is 192 g/mol. The predicted molar refractivity (Wildman–Crippen MR) is 52.4 cm³/mol. The Bertz CT molecular complexity index is 344. The van der Waals surface area contributed by atoms with Gasteiger partial charge in [-0.3, -0.25) is 0 Å². The Morgan fingerprint density at radius 3 is 2.75 bits per heavy atom. The first kappa shape index (κ1) is 9.24. The minimum atomic E-state index is 0.364. The molecule has 0 atom stereocenters. The Morgan fingerprint density at radius 2 is 2.25 bits per heavy atom. The summed E-state index contributed by atoms with van der Waals surface area (Å²) >= 11 is 7.39. The molecule has 2 nitrogen and oxygen atoms in total. The maximum absolute atomic E-state index is 8.70. The maximum Gasteiger partial charge on any atom is 0.103 e. The molecule has 12 heavy (non-hydrogen) atoms. The SMILES string of the molecule is CSc1ccc(N)c(C#N)c1Cl. The minimum absolute atomic E-state index is 0.364. The van der Waals surface area contributed by atoms with E-state index in [1.54, 1.807) is 6.07 Å². The molecule has 0 radical (unpaired) electrons. The van der Waals surface area contributed by atoms with E-state index in [0.29, 0.717) is 16.3 Å². The van der Waals surface area contributed by atoms with Crippen molar-refractivity contribution in [3.8, 4) is 6.07 Å². The Kier molecular flexibility index (Phi) is 2.85. The first-order valence-corrected chi connectivity index (χ1v) is 4.83. The summed E-state index contributed by atoms with van der Waals surface area (Å²) in [6.45, 7) is 0. The zero-order valence-electron chi connectivity index (χ0n) is 6.47. The summed E-state index contributed by atoms with van der Waals surface area (Å²) in [5.74, 6) is 0. The summed E-state index contributed by atoms with van der Waals surface area (Å²) in [5.41, 5.74) is 6.33. The lowest BCUT2D eigenvalue weighted by molar-refractivity contribution is 1.41. The molecule has 0 fully saturated rings. The highest BCUT2D eigenvalue weighted by atomic mass is 35.5. The molecule has 0 aliphatic rings. The molecule has 62 valence electrons. The summed E-state index contributed by atoms with van der Waals surface area (Å²) in [6.07, 6.45) is 1.90. The fourth-order valence-corrected chi connectivity index (χ4v) is 1.77. The van der Waals surface area contributed by atoms with E-state index in [2.05, 4.69) is 0 Å². The molecule has 0 saturated heterocycles. The Morgan fingerprint density at radius 1 is 1.58 bits per heavy atom. The second kappa shape index (κ2) is 3.70. The molecule has 0 unspecified atom stereocenters. The summed E-state index contributed by atoms with van der Waals surface area (Å²) < 4.78 is 0. The van der Waals surface area contributed by atoms with Crippen LogP contribution in [0, 0.1) is 11.3 Å². The fraction of sp³-hybridized carbons (Fsp3) is 0.125. The van der Waals surface area contributed by atoms with Gasteiger partial charge in [0.05, 0.1) is 16.3 Å². The van der Waals surface area contributed by atoms with Crippen LogP contribution in [0.1, 0.15) is 5.56 Å². The number of hydrogen-bond acceptors (Lipinski definition) is 3. The number of nitriles is 1. The molecule has 0 spiro atoms. The summed E-state index contributed by atoms with van der Waals surface area (Å²) in [5, 5.41) is 9.14. The van der Waals surface area contributed by atoms with Crippen LogP contribution in [0.15, 0.2) is 17.0 Å². The van der Waals surface area contributed by atoms with Crippen LogP contribution < -0.4 is 5.73 Å². The highest BCUT2D eigenvalue weighted by Crippen LogP contribution is 2.31. The van der Waals surface area contributed by atoms with Gasteiger partial charge < -0.3 is 5.73 Å². The van der Waals surface area contributed by atoms with Gasteiger partial charge in [0.1, 0.15) is 6.07 Å². The highest BCUT2D eigenvalue weighted by molar-refractivity contribution is 7.98. The monoisotopic (exact) mass is 198 g/mol. The summed E-state index contributed by atoms with van der Waals surface area (Å²) in [6, 6.07) is 5.47. The van der Waals surface area contributed by atoms with Gasteiger partial charge in [0.15, 0.2) is 0 Å². The third-order valence-electron chi connectivity index (χ3n) is 1.47. The van der Waals surface area contributed by atoms with Gasteiger partial charge in [-0.25, -0.2) is 0 Å². The van der Waals surface area contributed by atoms with Crippen molar-refractivity contribution in [2.24, 2.45) is 0 Å². The Balaban J connectivity index is 3.36. The van der Waals surface area contributed by atoms with Gasteiger partial charge in [-0.1, -0.05) is 11.6 Å². The molecule has 1 aromatic rings. The molecular formula is C8H7ClN2S. The number of nitrogen functional groups attached to an aromatic ring is 1. The number of hydrogen-bond donors (Lipinski definition) is 1. The van der Waals surface area contributed by atoms with E-state index in [1.165, 1.54) is 11.8 Å². The van der Waals surface area contributed by atoms with Crippen LogP contribution in [-0.4, -0.2) is 6.26 Å². The van der Waals surface area contributed by atoms with Crippen molar-refractivity contribution in [3.05, 3.63) is 22.7 Å². The van der Waals surface area contributed by atoms with Crippen LogP contribution in [0.5, 0.6) is 0 Å². The number of nitrogens with zero attached hydrogens (tertiary/aromatic N) is 1. The molecule has 1 aromatic carbocycles. The number of anilines is 1. The molecule has 2 N–H and O–H groups in total. The van der Waals surface area contributed by atoms with Gasteiger partial charge in [-0.2, -0.15) is 5.26 Å². The molecule has 0 aromatic heterocycles. The average molecular weight is 199 g/mol. The molecule has 0 aliphatic heterocycles. The first-order valence-electron chi connectivity index (χ1n) is 3.22. The zero-order chi connectivity index (χ0) is 9.14. The quantitative estimate of drug-likeness (QED) is 0.557. The van der Waals surface area contributed by atoms with Gasteiger partial charge in [-0.15, -0.1) is 11.8 Å². The fourth-order valence-electron chi connectivity index (χ4n) is 0.843. The highest BCUT2D eigenvalue weighted by Gasteiger charge is 2.07. The van der Waals surface area contributed by atoms with Gasteiger partial charge in [0.25, 0.3) is 0 Å². The number of halogens is 1. The third kappa shape index (κ3) is 1.50. The third-order valence-corrected chi connectivity index (χ3v) is 2.76. The Labute approximate surface area is 80.3 Å². The summed E-state index contributed by atoms with van der Waals surface area (Å²) in [4.78, 5) is 0.877. The van der Waals surface area contributed by atoms with Crippen LogP contribution in [0.3, 0.4) is 0 Å². The van der Waals surface area contributed by atoms with Gasteiger partial charge in [0.2, 0.25) is 0 Å². The lowest BCUT2D eigenvalue weighted by atomic mass is 10.2. The normalized spacial score (nSPS) is 9.42. The molecule has 0 bridgehead atoms. The maximum atomic E-state index is 8.70. The zero-order valence-corrected chi connectivity index (χ0v) is 8.04. The van der Waals surface area contributed by atoms with Crippen molar-refractivity contribution in [1.29, 1.82) is 5.26 Å². The van der Waals surface area contributed by atoms with Crippen molar-refractivity contribution in [1.82, 2.24) is 0 Å². The van der Waals surface area contributed by atoms with E-state index in [1.807, 2.05) is 18.4 Å². The van der Waals surface area contributed by atoms with Crippen LogP contribution in [-0.2, 0) is 0 Å². The molecule has 1 rings (SSSR count). The number of thioether (sulfide) groups is 1. The van der Waals surface area contributed by atoms with Gasteiger partial charge >= 0.3 is 0 Å². The van der Waals surface area contributed by atoms with Crippen molar-refractivity contribution in [2.75, 3.05) is 12.0 Å². The van der Waals surface area contributed by atoms with Crippen LogP contribution in [0.2, 0.25) is 5.02 Å². The lowest BCUT2D eigenvalue weighted by Gasteiger charge is -2.03. The van der Waals surface area contributed by atoms with Crippen LogP contribution in [0.4, 0.5) is 5.69 Å². The standard InChI is InChI=1S/C8H7ClN2S/c1-12-7-3-2-6(11)5(4-10)8(7)9/h2-3H,11H2,1H3. The topological polar surface area (TPSA) is 49.8 Å². The van der Waals surface area contributed by atoms with Crippen molar-refractivity contribution >= 4 is 29.1 Å². The van der Waals surface area contributed by atoms with Crippen LogP contribution in [0.25, 0.3) is 0 Å². The molecule has 0 amide bonds. The Hall–Kier alpha value is -0.850. The lowest BCUT2D eigenvalue weighted by Crippen LogP contribution is -1.91. The number of nitrogens with two attached hydrogens (primary N) is 1. The van der Waals surface area contributed by atoms with E-state index in [-0.39, 0.29) is 0 Å². The van der Waals surface area contributed by atoms with Gasteiger partial charge in [0, 0.05) is 4.90 Å². The number of rotatable bonds is 1. The average Bonchev–Trinajstić information content (AvgIpc) is 2.06. The molecule has 4 heteroatoms. The van der Waals surface area contributed by atoms with Crippen molar-refractivity contribution < 1.29 is 0 Å². The van der Waals surface area contributed by atoms with E-state index < -0.39 is 0 Å². The van der Waals surface area contributed by atoms with E-state index in [9.17, 15) is 0 Å². The van der Waals surface area contributed by atoms with Crippen molar-refractivity contribution in [3.63, 3.8) is 0 Å². The van der Waals surface area contributed by atoms with E-state index in [0.717, 1.165) is 4.90 Å². The first-order chi connectivity index (χ1) is 5.70. The summed E-state index contributed by atoms with van der Waals surface area (Å²) in [7, 11) is 0. The van der Waals surface area contributed by atoms with E-state index in [4.69, 9.17) is 22.6 Å². The largest absolute Gasteiger partial charge is 0.398 e. The minimum Gasteiger partial charge on any atom is -0.398 e. The molecule has 0 saturated carbocycles. The van der Waals surface area contributed by atoms with Crippen molar-refractivity contribution in [2.45, 2.75) is 4.90 Å². The molecule has 0 aliphatic carbocycles. The number of benzene rings is 1.